The summed E-state index contributed by atoms with van der Waals surface area (Å²) < 4.78 is 0. The number of hydrogen-bond donors (Lipinski definition) is 0. The molecule has 0 rings (SSSR count). The van der Waals surface area contributed by atoms with Crippen molar-refractivity contribution in [2.24, 2.45) is 0 Å². The Balaban J connectivity index is 3.65. The first kappa shape index (κ1) is 8.63. The van der Waals surface area contributed by atoms with Gasteiger partial charge in [0.2, 0.25) is 0 Å². The predicted molar refractivity (Wildman–Crippen MR) is 41.8 cm³/mol. The molecule has 3 heteroatoms. The van der Waals surface area contributed by atoms with Gasteiger partial charge in [0.05, 0.1) is 9.65 Å². The Bertz CT molecular complexity index is 78.4. The van der Waals surface area contributed by atoms with Crippen LogP contribution < -0.4 is 0 Å². The second-order valence-corrected chi connectivity index (χ2v) is 4.38. The third-order valence-electron chi connectivity index (χ3n) is 0.784. The molecule has 0 aliphatic carbocycles. The second-order valence-electron chi connectivity index (χ2n) is 1.63. The fraction of sp³-hybridized carbons (Fsp3) is 0.800. The van der Waals surface area contributed by atoms with Crippen molar-refractivity contribution < 1.29 is 4.79 Å². The lowest BCUT2D eigenvalue weighted by molar-refractivity contribution is -0.117. The van der Waals surface area contributed by atoms with Crippen molar-refractivity contribution in [2.45, 2.75) is 23.5 Å². The number of carbonyl (C=O) groups excluding carboxylic acids is 1. The fourth-order valence-electron chi connectivity index (χ4n) is 0.316. The van der Waals surface area contributed by atoms with Crippen molar-refractivity contribution in [3.63, 3.8) is 0 Å². The molecule has 0 N–H and O–H groups in total. The Morgan fingerprint density at radius 1 is 1.25 bits per heavy atom. The van der Waals surface area contributed by atoms with Gasteiger partial charge in [0.25, 0.3) is 0 Å². The molecule has 0 bridgehead atoms. The molecule has 2 atom stereocenters. The summed E-state index contributed by atoms with van der Waals surface area (Å²) in [5.41, 5.74) is 0. The summed E-state index contributed by atoms with van der Waals surface area (Å²) in [5, 5.41) is 0. The van der Waals surface area contributed by atoms with Crippen molar-refractivity contribution >= 4 is 37.6 Å². The van der Waals surface area contributed by atoms with Crippen LogP contribution in [0, 0.1) is 0 Å². The average molecular weight is 244 g/mol. The first-order valence-electron chi connectivity index (χ1n) is 2.37. The fourth-order valence-corrected chi connectivity index (χ4v) is 1.46. The Labute approximate surface area is 66.1 Å². The molecule has 0 aromatic carbocycles. The zero-order valence-electron chi connectivity index (χ0n) is 4.82. The third-order valence-corrected chi connectivity index (χ3v) is 1.69. The molecule has 0 fully saturated rings. The van der Waals surface area contributed by atoms with Crippen molar-refractivity contribution in [1.29, 1.82) is 0 Å². The second kappa shape index (κ2) is 3.62. The largest absolute Gasteiger partial charge is 0.297 e. The van der Waals surface area contributed by atoms with Crippen LogP contribution >= 0.6 is 31.9 Å². The van der Waals surface area contributed by atoms with Crippen LogP contribution in [0.2, 0.25) is 0 Å². The number of ketones is 1. The summed E-state index contributed by atoms with van der Waals surface area (Å²) in [6.07, 6.45) is 0. The van der Waals surface area contributed by atoms with E-state index in [9.17, 15) is 4.79 Å². The van der Waals surface area contributed by atoms with Gasteiger partial charge in [0.15, 0.2) is 5.78 Å². The summed E-state index contributed by atoms with van der Waals surface area (Å²) in [6.45, 7) is 3.64. The van der Waals surface area contributed by atoms with Gasteiger partial charge in [0.1, 0.15) is 0 Å². The first-order chi connectivity index (χ1) is 3.55. The highest BCUT2D eigenvalue weighted by Crippen LogP contribution is 2.08. The minimum Gasteiger partial charge on any atom is -0.297 e. The first-order valence-corrected chi connectivity index (χ1v) is 4.20. The molecule has 0 aromatic heterocycles. The average Bonchev–Trinajstić information content (AvgIpc) is 1.64. The molecule has 0 unspecified atom stereocenters. The molecular formula is C5H8Br2O. The maximum atomic E-state index is 10.7. The van der Waals surface area contributed by atoms with Crippen molar-refractivity contribution in [3.05, 3.63) is 0 Å². The standard InChI is InChI=1S/C5H8Br2O/c1-3(6)5(8)4(2)7/h3-4H,1-2H3/t3-,4-/m0/s1. The van der Waals surface area contributed by atoms with Crippen LogP contribution in [0.5, 0.6) is 0 Å². The van der Waals surface area contributed by atoms with E-state index in [1.165, 1.54) is 0 Å². The molecule has 0 amide bonds. The van der Waals surface area contributed by atoms with Crippen LogP contribution in [0.4, 0.5) is 0 Å². The Kier molecular flexibility index (Phi) is 3.90. The van der Waals surface area contributed by atoms with E-state index in [-0.39, 0.29) is 15.4 Å². The van der Waals surface area contributed by atoms with Crippen molar-refractivity contribution in [2.75, 3.05) is 0 Å². The lowest BCUT2D eigenvalue weighted by Gasteiger charge is -2.01. The highest BCUT2D eigenvalue weighted by Gasteiger charge is 2.13. The monoisotopic (exact) mass is 242 g/mol. The van der Waals surface area contributed by atoms with Crippen LogP contribution in [-0.2, 0) is 4.79 Å². The molecule has 8 heavy (non-hydrogen) atoms. The number of carbonyl (C=O) groups is 1. The predicted octanol–water partition coefficient (Wildman–Crippen LogP) is 2.12. The SMILES string of the molecule is C[C@H](Br)C(=O)[C@H](C)Br. The molecule has 0 heterocycles. The zero-order valence-corrected chi connectivity index (χ0v) is 7.99. The summed E-state index contributed by atoms with van der Waals surface area (Å²) in [5.74, 6) is 0.185. The van der Waals surface area contributed by atoms with Gasteiger partial charge in [-0.15, -0.1) is 0 Å². The number of hydrogen-bond acceptors (Lipinski definition) is 1. The lowest BCUT2D eigenvalue weighted by Crippen LogP contribution is -2.18. The highest BCUT2D eigenvalue weighted by molar-refractivity contribution is 9.10. The Morgan fingerprint density at radius 2 is 1.50 bits per heavy atom. The number of Topliss-reactive ketones (excluding diaryl/α,β-unsaturated/α-hetero) is 1. The minimum atomic E-state index is -0.0307. The molecule has 1 nitrogen and oxygen atoms in total. The Morgan fingerprint density at radius 3 is 1.50 bits per heavy atom. The third kappa shape index (κ3) is 2.82. The molecule has 0 saturated heterocycles. The van der Waals surface area contributed by atoms with E-state index in [0.717, 1.165) is 0 Å². The summed E-state index contributed by atoms with van der Waals surface area (Å²) in [4.78, 5) is 10.7. The van der Waals surface area contributed by atoms with Gasteiger partial charge >= 0.3 is 0 Å². The van der Waals surface area contributed by atoms with Crippen LogP contribution in [0.25, 0.3) is 0 Å². The summed E-state index contributed by atoms with van der Waals surface area (Å²) in [7, 11) is 0. The van der Waals surface area contributed by atoms with Crippen LogP contribution in [0.1, 0.15) is 13.8 Å². The van der Waals surface area contributed by atoms with E-state index >= 15 is 0 Å². The van der Waals surface area contributed by atoms with Gasteiger partial charge in [-0.25, -0.2) is 0 Å². The molecule has 0 spiro atoms. The van der Waals surface area contributed by atoms with Crippen LogP contribution in [-0.4, -0.2) is 15.4 Å². The maximum absolute atomic E-state index is 10.7. The molecule has 0 aliphatic heterocycles. The van der Waals surface area contributed by atoms with Crippen molar-refractivity contribution in [3.8, 4) is 0 Å². The van der Waals surface area contributed by atoms with Gasteiger partial charge < -0.3 is 0 Å². The molecule has 0 radical (unpaired) electrons. The van der Waals surface area contributed by atoms with Crippen LogP contribution in [0.3, 0.4) is 0 Å². The quantitative estimate of drug-likeness (QED) is 0.680. The number of halogens is 2. The maximum Gasteiger partial charge on any atom is 0.159 e. The van der Waals surface area contributed by atoms with Crippen LogP contribution in [0.15, 0.2) is 0 Å². The van der Waals surface area contributed by atoms with E-state index in [2.05, 4.69) is 31.9 Å². The molecule has 0 saturated carbocycles. The van der Waals surface area contributed by atoms with Gasteiger partial charge in [-0.2, -0.15) is 0 Å². The van der Waals surface area contributed by atoms with Gasteiger partial charge in [-0.1, -0.05) is 31.9 Å². The van der Waals surface area contributed by atoms with E-state index in [1.54, 1.807) is 0 Å². The normalized spacial score (nSPS) is 17.5. The topological polar surface area (TPSA) is 17.1 Å². The van der Waals surface area contributed by atoms with E-state index in [0.29, 0.717) is 0 Å². The minimum absolute atomic E-state index is 0.0307. The lowest BCUT2D eigenvalue weighted by atomic mass is 10.2. The smallest absolute Gasteiger partial charge is 0.159 e. The van der Waals surface area contributed by atoms with Crippen molar-refractivity contribution in [1.82, 2.24) is 0 Å². The number of rotatable bonds is 2. The van der Waals surface area contributed by atoms with Gasteiger partial charge in [-0.05, 0) is 13.8 Å². The number of alkyl halides is 2. The van der Waals surface area contributed by atoms with E-state index in [4.69, 9.17) is 0 Å². The molecule has 0 aliphatic rings. The molecule has 0 aromatic rings. The molecule has 48 valence electrons. The highest BCUT2D eigenvalue weighted by atomic mass is 79.9. The summed E-state index contributed by atoms with van der Waals surface area (Å²) in [6, 6.07) is 0. The van der Waals surface area contributed by atoms with Gasteiger partial charge in [0, 0.05) is 0 Å². The molecular weight excluding hydrogens is 236 g/mol. The van der Waals surface area contributed by atoms with Gasteiger partial charge in [-0.3, -0.25) is 4.79 Å². The van der Waals surface area contributed by atoms with E-state index < -0.39 is 0 Å². The van der Waals surface area contributed by atoms with E-state index in [1.807, 2.05) is 13.8 Å². The summed E-state index contributed by atoms with van der Waals surface area (Å²) >= 11 is 6.32. The Hall–Kier alpha value is 0.630. The zero-order chi connectivity index (χ0) is 6.73.